The molecule has 0 spiro atoms. The van der Waals surface area contributed by atoms with Crippen LogP contribution >= 0.6 is 27.5 Å². The summed E-state index contributed by atoms with van der Waals surface area (Å²) in [6.45, 7) is 2.00. The summed E-state index contributed by atoms with van der Waals surface area (Å²) in [6, 6.07) is 11.3. The van der Waals surface area contributed by atoms with E-state index in [-0.39, 0.29) is 0 Å². The van der Waals surface area contributed by atoms with Gasteiger partial charge in [0.2, 0.25) is 0 Å². The molecule has 0 atom stereocenters. The smallest absolute Gasteiger partial charge is 0.190 e. The van der Waals surface area contributed by atoms with E-state index in [2.05, 4.69) is 31.5 Å². The summed E-state index contributed by atoms with van der Waals surface area (Å²) >= 11 is 9.77. The maximum Gasteiger partial charge on any atom is 0.190 e. The lowest BCUT2D eigenvalue weighted by molar-refractivity contribution is 0.788. The van der Waals surface area contributed by atoms with E-state index in [0.29, 0.717) is 22.1 Å². The SMILES string of the molecule is Cc1ccc(Br)c(-n2nnnc2-c2c(N)cccc2Cl)c1. The third-order valence-corrected chi connectivity index (χ3v) is 4.05. The number of halogens is 2. The average molecular weight is 365 g/mol. The lowest BCUT2D eigenvalue weighted by Gasteiger charge is -2.10. The van der Waals surface area contributed by atoms with Gasteiger partial charge in [-0.3, -0.25) is 0 Å². The highest BCUT2D eigenvalue weighted by Crippen LogP contribution is 2.33. The summed E-state index contributed by atoms with van der Waals surface area (Å²) < 4.78 is 2.50. The first-order chi connectivity index (χ1) is 10.1. The number of anilines is 1. The second kappa shape index (κ2) is 5.46. The number of hydrogen-bond acceptors (Lipinski definition) is 4. The van der Waals surface area contributed by atoms with Gasteiger partial charge in [-0.25, -0.2) is 0 Å². The van der Waals surface area contributed by atoms with Gasteiger partial charge in [-0.15, -0.1) is 5.10 Å². The number of tetrazole rings is 1. The molecule has 7 heteroatoms. The molecule has 0 amide bonds. The van der Waals surface area contributed by atoms with Crippen molar-refractivity contribution < 1.29 is 0 Å². The molecule has 1 heterocycles. The Labute approximate surface area is 134 Å². The predicted molar refractivity (Wildman–Crippen MR) is 86.4 cm³/mol. The molecular weight excluding hydrogens is 354 g/mol. The van der Waals surface area contributed by atoms with E-state index in [0.717, 1.165) is 15.7 Å². The van der Waals surface area contributed by atoms with E-state index in [1.54, 1.807) is 22.9 Å². The van der Waals surface area contributed by atoms with E-state index in [9.17, 15) is 0 Å². The Kier molecular flexibility index (Phi) is 3.65. The molecule has 3 aromatic rings. The van der Waals surface area contributed by atoms with E-state index < -0.39 is 0 Å². The van der Waals surface area contributed by atoms with Crippen LogP contribution in [0, 0.1) is 6.92 Å². The molecule has 0 unspecified atom stereocenters. The van der Waals surface area contributed by atoms with Gasteiger partial charge < -0.3 is 5.73 Å². The molecule has 0 radical (unpaired) electrons. The summed E-state index contributed by atoms with van der Waals surface area (Å²) in [6.07, 6.45) is 0. The fraction of sp³-hybridized carbons (Fsp3) is 0.0714. The van der Waals surface area contributed by atoms with Gasteiger partial charge in [0.05, 0.1) is 16.3 Å². The molecule has 106 valence electrons. The van der Waals surface area contributed by atoms with Crippen LogP contribution in [0.15, 0.2) is 40.9 Å². The Hall–Kier alpha value is -1.92. The standard InChI is InChI=1S/C14H11BrClN5/c1-8-5-6-9(15)12(7-8)21-14(18-19-20-21)13-10(16)3-2-4-11(13)17/h2-7H,17H2,1H3. The van der Waals surface area contributed by atoms with Crippen molar-refractivity contribution in [3.05, 3.63) is 51.5 Å². The quantitative estimate of drug-likeness (QED) is 0.705. The molecule has 0 aliphatic rings. The second-order valence-electron chi connectivity index (χ2n) is 4.57. The number of hydrogen-bond donors (Lipinski definition) is 1. The summed E-state index contributed by atoms with van der Waals surface area (Å²) in [4.78, 5) is 0. The monoisotopic (exact) mass is 363 g/mol. The lowest BCUT2D eigenvalue weighted by Crippen LogP contribution is -2.03. The fourth-order valence-electron chi connectivity index (χ4n) is 2.07. The molecule has 1 aromatic heterocycles. The number of nitrogen functional groups attached to an aromatic ring is 1. The number of aryl methyl sites for hydroxylation is 1. The van der Waals surface area contributed by atoms with Gasteiger partial charge in [0, 0.05) is 10.2 Å². The number of aromatic nitrogens is 4. The fourth-order valence-corrected chi connectivity index (χ4v) is 2.75. The molecule has 0 bridgehead atoms. The van der Waals surface area contributed by atoms with Crippen LogP contribution in [0.4, 0.5) is 5.69 Å². The molecule has 0 saturated heterocycles. The Balaban J connectivity index is 2.25. The first kappa shape index (κ1) is 14.0. The van der Waals surface area contributed by atoms with Crippen molar-refractivity contribution in [2.24, 2.45) is 0 Å². The highest BCUT2D eigenvalue weighted by molar-refractivity contribution is 9.10. The highest BCUT2D eigenvalue weighted by Gasteiger charge is 2.18. The number of nitrogens with zero attached hydrogens (tertiary/aromatic N) is 4. The minimum atomic E-state index is 0.504. The molecule has 0 saturated carbocycles. The predicted octanol–water partition coefficient (Wildman–Crippen LogP) is 3.64. The maximum absolute atomic E-state index is 6.25. The molecule has 5 nitrogen and oxygen atoms in total. The van der Waals surface area contributed by atoms with Crippen LogP contribution in [-0.2, 0) is 0 Å². The highest BCUT2D eigenvalue weighted by atomic mass is 79.9. The van der Waals surface area contributed by atoms with Crippen LogP contribution in [0.2, 0.25) is 5.02 Å². The van der Waals surface area contributed by atoms with Crippen molar-refractivity contribution in [3.63, 3.8) is 0 Å². The van der Waals surface area contributed by atoms with E-state index in [4.69, 9.17) is 17.3 Å². The molecule has 3 rings (SSSR count). The van der Waals surface area contributed by atoms with Crippen molar-refractivity contribution in [2.75, 3.05) is 5.73 Å². The van der Waals surface area contributed by atoms with Gasteiger partial charge in [-0.2, -0.15) is 4.68 Å². The van der Waals surface area contributed by atoms with Crippen molar-refractivity contribution in [1.29, 1.82) is 0 Å². The maximum atomic E-state index is 6.25. The van der Waals surface area contributed by atoms with Gasteiger partial charge in [0.15, 0.2) is 5.82 Å². The Morgan fingerprint density at radius 3 is 2.81 bits per heavy atom. The van der Waals surface area contributed by atoms with E-state index >= 15 is 0 Å². The van der Waals surface area contributed by atoms with Crippen LogP contribution in [0.25, 0.3) is 17.1 Å². The Morgan fingerprint density at radius 1 is 1.24 bits per heavy atom. The van der Waals surface area contributed by atoms with Crippen molar-refractivity contribution >= 4 is 33.2 Å². The summed E-state index contributed by atoms with van der Waals surface area (Å²) in [5.41, 5.74) is 9.10. The zero-order valence-electron chi connectivity index (χ0n) is 11.1. The molecule has 0 fully saturated rings. The first-order valence-corrected chi connectivity index (χ1v) is 7.34. The molecule has 21 heavy (non-hydrogen) atoms. The Morgan fingerprint density at radius 2 is 2.05 bits per heavy atom. The minimum absolute atomic E-state index is 0.504. The van der Waals surface area contributed by atoms with E-state index in [1.807, 2.05) is 25.1 Å². The van der Waals surface area contributed by atoms with Crippen molar-refractivity contribution in [1.82, 2.24) is 20.2 Å². The topological polar surface area (TPSA) is 69.6 Å². The van der Waals surface area contributed by atoms with Gasteiger partial charge in [0.1, 0.15) is 0 Å². The summed E-state index contributed by atoms with van der Waals surface area (Å²) in [7, 11) is 0. The van der Waals surface area contributed by atoms with Crippen LogP contribution in [0.1, 0.15) is 5.56 Å². The van der Waals surface area contributed by atoms with E-state index in [1.165, 1.54) is 0 Å². The van der Waals surface area contributed by atoms with Crippen LogP contribution in [-0.4, -0.2) is 20.2 Å². The molecule has 0 aliphatic heterocycles. The zero-order valence-corrected chi connectivity index (χ0v) is 13.4. The third-order valence-electron chi connectivity index (χ3n) is 3.07. The number of rotatable bonds is 2. The molecule has 2 N–H and O–H groups in total. The first-order valence-electron chi connectivity index (χ1n) is 6.17. The lowest BCUT2D eigenvalue weighted by atomic mass is 10.1. The Bertz CT molecular complexity index is 795. The van der Waals surface area contributed by atoms with Crippen molar-refractivity contribution in [3.8, 4) is 17.1 Å². The third kappa shape index (κ3) is 2.52. The number of benzene rings is 2. The summed E-state index contributed by atoms with van der Waals surface area (Å²) in [5.74, 6) is 0.504. The minimum Gasteiger partial charge on any atom is -0.398 e. The average Bonchev–Trinajstić information content (AvgIpc) is 2.90. The van der Waals surface area contributed by atoms with Crippen LogP contribution in [0.5, 0.6) is 0 Å². The second-order valence-corrected chi connectivity index (χ2v) is 5.83. The summed E-state index contributed by atoms with van der Waals surface area (Å²) in [5, 5.41) is 12.4. The van der Waals surface area contributed by atoms with Gasteiger partial charge in [0.25, 0.3) is 0 Å². The van der Waals surface area contributed by atoms with Gasteiger partial charge in [-0.1, -0.05) is 23.7 Å². The van der Waals surface area contributed by atoms with Gasteiger partial charge >= 0.3 is 0 Å². The molecule has 2 aromatic carbocycles. The van der Waals surface area contributed by atoms with Crippen LogP contribution in [0.3, 0.4) is 0 Å². The van der Waals surface area contributed by atoms with Crippen molar-refractivity contribution in [2.45, 2.75) is 6.92 Å². The molecule has 0 aliphatic carbocycles. The zero-order chi connectivity index (χ0) is 15.0. The largest absolute Gasteiger partial charge is 0.398 e. The number of nitrogens with two attached hydrogens (primary N) is 1. The molecular formula is C14H11BrClN5. The van der Waals surface area contributed by atoms with Crippen LogP contribution < -0.4 is 5.73 Å². The normalized spacial score (nSPS) is 10.8. The van der Waals surface area contributed by atoms with Gasteiger partial charge in [-0.05, 0) is 63.1 Å².